The first-order valence-electron chi connectivity index (χ1n) is 6.59. The molecular weight excluding hydrogens is 310 g/mol. The van der Waals surface area contributed by atoms with Crippen molar-refractivity contribution in [3.8, 4) is 0 Å². The lowest BCUT2D eigenvalue weighted by Crippen LogP contribution is -2.26. The van der Waals surface area contributed by atoms with E-state index in [-0.39, 0.29) is 11.4 Å². The number of hydrogen-bond acceptors (Lipinski definition) is 3. The van der Waals surface area contributed by atoms with E-state index in [1.807, 2.05) is 13.8 Å². The molecule has 2 rings (SSSR count). The van der Waals surface area contributed by atoms with E-state index in [9.17, 15) is 8.42 Å². The molecule has 0 aliphatic heterocycles. The first-order chi connectivity index (χ1) is 9.84. The van der Waals surface area contributed by atoms with Gasteiger partial charge < -0.3 is 0 Å². The van der Waals surface area contributed by atoms with Gasteiger partial charge in [-0.2, -0.15) is 9.40 Å². The maximum Gasteiger partial charge on any atom is 0.243 e. The van der Waals surface area contributed by atoms with Crippen LogP contribution in [0.4, 0.5) is 0 Å². The summed E-state index contributed by atoms with van der Waals surface area (Å²) < 4.78 is 27.9. The van der Waals surface area contributed by atoms with Gasteiger partial charge in [-0.3, -0.25) is 4.68 Å². The lowest BCUT2D eigenvalue weighted by atomic mass is 10.2. The van der Waals surface area contributed by atoms with Gasteiger partial charge in [0.1, 0.15) is 0 Å². The first-order valence-corrected chi connectivity index (χ1v) is 8.41. The topological polar surface area (TPSA) is 55.2 Å². The third kappa shape index (κ3) is 3.45. The van der Waals surface area contributed by atoms with Crippen molar-refractivity contribution in [1.29, 1.82) is 0 Å². The van der Waals surface area contributed by atoms with Crippen LogP contribution in [0.5, 0.6) is 0 Å². The van der Waals surface area contributed by atoms with E-state index in [1.165, 1.54) is 11.4 Å². The number of benzene rings is 1. The largest absolute Gasteiger partial charge is 0.271 e. The van der Waals surface area contributed by atoms with Crippen molar-refractivity contribution in [2.24, 2.45) is 0 Å². The second-order valence-electron chi connectivity index (χ2n) is 4.85. The molecule has 2 aromatic rings. The molecular formula is C14H18ClN3O2S. The fraction of sp³-hybridized carbons (Fsp3) is 0.357. The van der Waals surface area contributed by atoms with Crippen LogP contribution in [-0.4, -0.2) is 29.6 Å². The van der Waals surface area contributed by atoms with Crippen molar-refractivity contribution in [3.63, 3.8) is 0 Å². The fourth-order valence-corrected chi connectivity index (χ4v) is 3.23. The van der Waals surface area contributed by atoms with E-state index in [4.69, 9.17) is 11.6 Å². The van der Waals surface area contributed by atoms with Crippen molar-refractivity contribution in [2.75, 3.05) is 7.05 Å². The fourth-order valence-electron chi connectivity index (χ4n) is 1.89. The van der Waals surface area contributed by atoms with Crippen molar-refractivity contribution < 1.29 is 8.42 Å². The quantitative estimate of drug-likeness (QED) is 0.848. The second-order valence-corrected chi connectivity index (χ2v) is 7.31. The van der Waals surface area contributed by atoms with Crippen LogP contribution in [0.2, 0.25) is 5.02 Å². The Morgan fingerprint density at radius 1 is 1.29 bits per heavy atom. The first kappa shape index (κ1) is 16.0. The highest BCUT2D eigenvalue weighted by molar-refractivity contribution is 7.89. The number of rotatable bonds is 5. The molecule has 0 radical (unpaired) electrons. The normalized spacial score (nSPS) is 12.0. The molecule has 0 N–H and O–H groups in total. The molecule has 0 saturated carbocycles. The highest BCUT2D eigenvalue weighted by Crippen LogP contribution is 2.20. The Hall–Kier alpha value is -1.37. The molecule has 0 saturated heterocycles. The molecule has 1 aromatic carbocycles. The average molecular weight is 328 g/mol. The molecule has 1 heterocycles. The standard InChI is InChI=1S/C14H18ClN3O2S/c1-4-18-9-13(15)14(16-18)10-17(3)21(19,20)12-7-5-11(2)6-8-12/h5-9H,4,10H2,1-3H3. The monoisotopic (exact) mass is 327 g/mol. The van der Waals surface area contributed by atoms with Crippen molar-refractivity contribution in [2.45, 2.75) is 31.8 Å². The number of nitrogens with zero attached hydrogens (tertiary/aromatic N) is 3. The van der Waals surface area contributed by atoms with Crippen molar-refractivity contribution >= 4 is 21.6 Å². The SMILES string of the molecule is CCn1cc(Cl)c(CN(C)S(=O)(=O)c2ccc(C)cc2)n1. The molecule has 0 amide bonds. The Balaban J connectivity index is 2.24. The second kappa shape index (κ2) is 6.17. The van der Waals surface area contributed by atoms with Gasteiger partial charge in [-0.05, 0) is 26.0 Å². The van der Waals surface area contributed by atoms with Crippen molar-refractivity contribution in [3.05, 3.63) is 46.7 Å². The van der Waals surface area contributed by atoms with E-state index in [0.29, 0.717) is 17.3 Å². The summed E-state index contributed by atoms with van der Waals surface area (Å²) in [7, 11) is -2.02. The minimum absolute atomic E-state index is 0.141. The van der Waals surface area contributed by atoms with Gasteiger partial charge in [0.05, 0.1) is 22.2 Å². The van der Waals surface area contributed by atoms with Crippen LogP contribution in [0.15, 0.2) is 35.4 Å². The maximum atomic E-state index is 12.5. The highest BCUT2D eigenvalue weighted by atomic mass is 35.5. The summed E-state index contributed by atoms with van der Waals surface area (Å²) in [5.41, 5.74) is 1.57. The van der Waals surface area contributed by atoms with E-state index in [1.54, 1.807) is 35.1 Å². The third-order valence-corrected chi connectivity index (χ3v) is 5.35. The summed E-state index contributed by atoms with van der Waals surface area (Å²) in [4.78, 5) is 0.265. The molecule has 7 heteroatoms. The molecule has 114 valence electrons. The smallest absolute Gasteiger partial charge is 0.243 e. The molecule has 0 aliphatic carbocycles. The van der Waals surface area contributed by atoms with Crippen LogP contribution in [0.1, 0.15) is 18.2 Å². The van der Waals surface area contributed by atoms with Gasteiger partial charge in [-0.15, -0.1) is 0 Å². The third-order valence-electron chi connectivity index (χ3n) is 3.21. The Kier molecular flexibility index (Phi) is 4.70. The number of aromatic nitrogens is 2. The molecule has 5 nitrogen and oxygen atoms in total. The summed E-state index contributed by atoms with van der Waals surface area (Å²) in [5.74, 6) is 0. The van der Waals surface area contributed by atoms with Gasteiger partial charge in [-0.25, -0.2) is 8.42 Å². The summed E-state index contributed by atoms with van der Waals surface area (Å²) in [5, 5.41) is 4.74. The predicted molar refractivity (Wildman–Crippen MR) is 82.7 cm³/mol. The van der Waals surface area contributed by atoms with Crippen LogP contribution in [0.3, 0.4) is 0 Å². The molecule has 0 unspecified atom stereocenters. The van der Waals surface area contributed by atoms with Crippen LogP contribution < -0.4 is 0 Å². The number of hydrogen-bond donors (Lipinski definition) is 0. The van der Waals surface area contributed by atoms with Gasteiger partial charge >= 0.3 is 0 Å². The van der Waals surface area contributed by atoms with E-state index in [2.05, 4.69) is 5.10 Å². The Morgan fingerprint density at radius 3 is 2.43 bits per heavy atom. The van der Waals surface area contributed by atoms with E-state index < -0.39 is 10.0 Å². The molecule has 1 aromatic heterocycles. The number of halogens is 1. The van der Waals surface area contributed by atoms with Gasteiger partial charge in [0.2, 0.25) is 10.0 Å². The van der Waals surface area contributed by atoms with Gasteiger partial charge in [0, 0.05) is 19.8 Å². The zero-order valence-corrected chi connectivity index (χ0v) is 13.8. The van der Waals surface area contributed by atoms with Gasteiger partial charge in [0.25, 0.3) is 0 Å². The Labute approximate surface area is 130 Å². The summed E-state index contributed by atoms with van der Waals surface area (Å²) in [6.45, 7) is 4.69. The maximum absolute atomic E-state index is 12.5. The van der Waals surface area contributed by atoms with Crippen LogP contribution >= 0.6 is 11.6 Å². The lowest BCUT2D eigenvalue weighted by molar-refractivity contribution is 0.458. The number of aryl methyl sites for hydroxylation is 2. The van der Waals surface area contributed by atoms with Gasteiger partial charge in [-0.1, -0.05) is 29.3 Å². The van der Waals surface area contributed by atoms with Crippen LogP contribution in [0.25, 0.3) is 0 Å². The van der Waals surface area contributed by atoms with Crippen molar-refractivity contribution in [1.82, 2.24) is 14.1 Å². The molecule has 0 fully saturated rings. The minimum atomic E-state index is -3.54. The zero-order chi connectivity index (χ0) is 15.6. The van der Waals surface area contributed by atoms with Gasteiger partial charge in [0.15, 0.2) is 0 Å². The molecule has 0 bridgehead atoms. The minimum Gasteiger partial charge on any atom is -0.271 e. The van der Waals surface area contributed by atoms with Crippen LogP contribution in [-0.2, 0) is 23.1 Å². The predicted octanol–water partition coefficient (Wildman–Crippen LogP) is 2.69. The zero-order valence-electron chi connectivity index (χ0n) is 12.2. The lowest BCUT2D eigenvalue weighted by Gasteiger charge is -2.16. The Morgan fingerprint density at radius 2 is 1.90 bits per heavy atom. The highest BCUT2D eigenvalue weighted by Gasteiger charge is 2.22. The average Bonchev–Trinajstić information content (AvgIpc) is 2.80. The molecule has 21 heavy (non-hydrogen) atoms. The van der Waals surface area contributed by atoms with E-state index in [0.717, 1.165) is 5.56 Å². The van der Waals surface area contributed by atoms with E-state index >= 15 is 0 Å². The molecule has 0 atom stereocenters. The summed E-state index contributed by atoms with van der Waals surface area (Å²) in [6.07, 6.45) is 1.70. The Bertz CT molecular complexity index is 723. The summed E-state index contributed by atoms with van der Waals surface area (Å²) in [6, 6.07) is 6.76. The van der Waals surface area contributed by atoms with Crippen LogP contribution in [0, 0.1) is 6.92 Å². The summed E-state index contributed by atoms with van der Waals surface area (Å²) >= 11 is 6.08. The molecule has 0 spiro atoms. The number of sulfonamides is 1. The molecule has 0 aliphatic rings.